The van der Waals surface area contributed by atoms with Gasteiger partial charge in [0.2, 0.25) is 11.2 Å². The Morgan fingerprint density at radius 2 is 1.50 bits per heavy atom. The summed E-state index contributed by atoms with van der Waals surface area (Å²) in [5.41, 5.74) is -0.974. The van der Waals surface area contributed by atoms with Crippen molar-refractivity contribution in [2.75, 3.05) is 7.11 Å². The third-order valence-corrected chi connectivity index (χ3v) is 5.09. The second kappa shape index (κ2) is 9.01. The van der Waals surface area contributed by atoms with E-state index in [4.69, 9.17) is 23.4 Å². The number of hydrogen-bond donors (Lipinski definition) is 0. The molecule has 0 bridgehead atoms. The molecule has 1 heterocycles. The molecule has 0 saturated heterocycles. The second-order valence-electron chi connectivity index (χ2n) is 8.06. The third-order valence-electron chi connectivity index (χ3n) is 5.09. The maximum Gasteiger partial charge on any atom is 0.308 e. The van der Waals surface area contributed by atoms with Gasteiger partial charge in [-0.05, 0) is 12.1 Å². The molecule has 3 aromatic rings. The van der Waals surface area contributed by atoms with E-state index in [1.54, 1.807) is 6.08 Å². The number of fused-ring (bicyclic) bond motifs is 2. The van der Waals surface area contributed by atoms with Crippen molar-refractivity contribution >= 4 is 39.8 Å². The van der Waals surface area contributed by atoms with Gasteiger partial charge in [0.1, 0.15) is 22.5 Å². The minimum Gasteiger partial charge on any atom is -0.496 e. The average Bonchev–Trinajstić information content (AvgIpc) is 2.73. The normalized spacial score (nSPS) is 11.2. The zero-order chi connectivity index (χ0) is 25.4. The number of benzene rings is 2. The number of rotatable bonds is 6. The molecule has 0 spiro atoms. The van der Waals surface area contributed by atoms with Gasteiger partial charge in [0, 0.05) is 37.8 Å². The molecular weight excluding hydrogens is 444 g/mol. The van der Waals surface area contributed by atoms with E-state index in [0.717, 1.165) is 6.92 Å². The van der Waals surface area contributed by atoms with E-state index >= 15 is 0 Å². The monoisotopic (exact) mass is 468 g/mol. The van der Waals surface area contributed by atoms with Crippen LogP contribution in [0.5, 0.6) is 23.0 Å². The van der Waals surface area contributed by atoms with E-state index in [1.807, 2.05) is 13.8 Å². The molecule has 0 saturated carbocycles. The Kier molecular flexibility index (Phi) is 6.49. The summed E-state index contributed by atoms with van der Waals surface area (Å²) in [6.45, 7) is 11.1. The summed E-state index contributed by atoms with van der Waals surface area (Å²) in [6.07, 6.45) is 1.64. The molecule has 0 aliphatic carbocycles. The first-order valence-electron chi connectivity index (χ1n) is 10.2. The van der Waals surface area contributed by atoms with Gasteiger partial charge in [-0.3, -0.25) is 19.2 Å². The number of esters is 3. The van der Waals surface area contributed by atoms with E-state index < -0.39 is 28.8 Å². The predicted octanol–water partition coefficient (Wildman–Crippen LogP) is 4.19. The molecule has 34 heavy (non-hydrogen) atoms. The molecule has 0 unspecified atom stereocenters. The number of ether oxygens (including phenoxy) is 4. The van der Waals surface area contributed by atoms with Crippen LogP contribution in [-0.4, -0.2) is 25.0 Å². The Balaban J connectivity index is 2.63. The minimum atomic E-state index is -0.767. The van der Waals surface area contributed by atoms with Gasteiger partial charge in [-0.2, -0.15) is 0 Å². The van der Waals surface area contributed by atoms with Crippen LogP contribution >= 0.6 is 0 Å². The van der Waals surface area contributed by atoms with Crippen LogP contribution in [0.2, 0.25) is 0 Å². The topological polar surface area (TPSA) is 118 Å². The molecule has 0 N–H and O–H groups in total. The van der Waals surface area contributed by atoms with Crippen molar-refractivity contribution in [2.45, 2.75) is 40.0 Å². The maximum absolute atomic E-state index is 13.7. The smallest absolute Gasteiger partial charge is 0.308 e. The quantitative estimate of drug-likeness (QED) is 0.227. The van der Waals surface area contributed by atoms with Crippen LogP contribution in [0, 0.1) is 0 Å². The summed E-state index contributed by atoms with van der Waals surface area (Å²) in [4.78, 5) is 48.8. The number of carbonyl (C=O) groups is 3. The van der Waals surface area contributed by atoms with Crippen molar-refractivity contribution < 1.29 is 37.7 Å². The van der Waals surface area contributed by atoms with E-state index in [9.17, 15) is 19.2 Å². The Hall–Kier alpha value is -4.14. The standard InChI is InChI=1S/C25H24O9/c1-8-25(5,6)20-18(30-7)11-17(32-13(3)27)19-21(29)15-9-10-16(31-12(2)26)23(33-14(4)28)22(15)34-24(19)20/h8-11H,1H2,2-7H3. The fourth-order valence-electron chi connectivity index (χ4n) is 3.57. The lowest BCUT2D eigenvalue weighted by atomic mass is 9.82. The van der Waals surface area contributed by atoms with Gasteiger partial charge >= 0.3 is 17.9 Å². The number of allylic oxidation sites excluding steroid dienone is 1. The summed E-state index contributed by atoms with van der Waals surface area (Å²) < 4.78 is 27.5. The van der Waals surface area contributed by atoms with Gasteiger partial charge in [-0.15, -0.1) is 6.58 Å². The first-order chi connectivity index (χ1) is 15.9. The zero-order valence-corrected chi connectivity index (χ0v) is 19.7. The fraction of sp³-hybridized carbons (Fsp3) is 0.280. The molecule has 0 aliphatic rings. The van der Waals surface area contributed by atoms with Gasteiger partial charge in [-0.25, -0.2) is 0 Å². The number of hydrogen-bond acceptors (Lipinski definition) is 9. The van der Waals surface area contributed by atoms with Crippen molar-refractivity contribution in [3.8, 4) is 23.0 Å². The lowest BCUT2D eigenvalue weighted by molar-refractivity contribution is -0.134. The van der Waals surface area contributed by atoms with E-state index in [1.165, 1.54) is 39.2 Å². The molecule has 178 valence electrons. The fourth-order valence-corrected chi connectivity index (χ4v) is 3.57. The first kappa shape index (κ1) is 24.5. The Morgan fingerprint density at radius 3 is 2.03 bits per heavy atom. The van der Waals surface area contributed by atoms with Crippen molar-refractivity contribution in [1.29, 1.82) is 0 Å². The van der Waals surface area contributed by atoms with Gasteiger partial charge in [0.15, 0.2) is 11.3 Å². The van der Waals surface area contributed by atoms with Crippen molar-refractivity contribution in [1.82, 2.24) is 0 Å². The average molecular weight is 468 g/mol. The summed E-state index contributed by atoms with van der Waals surface area (Å²) >= 11 is 0. The maximum atomic E-state index is 13.7. The molecule has 0 fully saturated rings. The molecule has 9 nitrogen and oxygen atoms in total. The van der Waals surface area contributed by atoms with Crippen LogP contribution in [-0.2, 0) is 19.8 Å². The van der Waals surface area contributed by atoms with Crippen molar-refractivity contribution in [3.63, 3.8) is 0 Å². The predicted molar refractivity (Wildman–Crippen MR) is 124 cm³/mol. The van der Waals surface area contributed by atoms with E-state index in [-0.39, 0.29) is 44.9 Å². The van der Waals surface area contributed by atoms with Gasteiger partial charge in [0.25, 0.3) is 0 Å². The van der Waals surface area contributed by atoms with Crippen molar-refractivity contribution in [2.24, 2.45) is 0 Å². The van der Waals surface area contributed by atoms with Crippen LogP contribution in [0.15, 0.2) is 40.1 Å². The highest BCUT2D eigenvalue weighted by Crippen LogP contribution is 2.45. The highest BCUT2D eigenvalue weighted by atomic mass is 16.6. The molecule has 9 heteroatoms. The van der Waals surface area contributed by atoms with Gasteiger partial charge in [0.05, 0.1) is 12.5 Å². The Labute approximate surface area is 194 Å². The molecule has 0 amide bonds. The summed E-state index contributed by atoms with van der Waals surface area (Å²) in [6, 6.07) is 4.12. The largest absolute Gasteiger partial charge is 0.496 e. The Bertz CT molecular complexity index is 1410. The minimum absolute atomic E-state index is 0.0116. The van der Waals surface area contributed by atoms with Crippen LogP contribution in [0.1, 0.15) is 40.2 Å². The second-order valence-corrected chi connectivity index (χ2v) is 8.06. The number of methoxy groups -OCH3 is 1. The number of carbonyl (C=O) groups excluding carboxylic acids is 3. The van der Waals surface area contributed by atoms with E-state index in [0.29, 0.717) is 5.56 Å². The highest BCUT2D eigenvalue weighted by Gasteiger charge is 2.31. The molecular formula is C25H24O9. The zero-order valence-electron chi connectivity index (χ0n) is 19.7. The lowest BCUT2D eigenvalue weighted by Crippen LogP contribution is -2.18. The van der Waals surface area contributed by atoms with Crippen LogP contribution in [0.25, 0.3) is 21.9 Å². The molecule has 3 rings (SSSR count). The molecule has 0 radical (unpaired) electrons. The molecule has 1 aromatic heterocycles. The van der Waals surface area contributed by atoms with Gasteiger partial charge in [-0.1, -0.05) is 19.9 Å². The van der Waals surface area contributed by atoms with Gasteiger partial charge < -0.3 is 23.4 Å². The van der Waals surface area contributed by atoms with Crippen LogP contribution < -0.4 is 24.4 Å². The van der Waals surface area contributed by atoms with E-state index in [2.05, 4.69) is 6.58 Å². The molecule has 0 atom stereocenters. The SMILES string of the molecule is C=CC(C)(C)c1c(OC)cc(OC(C)=O)c2c(=O)c3ccc(OC(C)=O)c(OC(C)=O)c3oc12. The highest BCUT2D eigenvalue weighted by molar-refractivity contribution is 6.00. The molecule has 2 aromatic carbocycles. The van der Waals surface area contributed by atoms with Crippen LogP contribution in [0.3, 0.4) is 0 Å². The van der Waals surface area contributed by atoms with Crippen molar-refractivity contribution in [3.05, 3.63) is 46.6 Å². The summed E-state index contributed by atoms with van der Waals surface area (Å²) in [7, 11) is 1.42. The van der Waals surface area contributed by atoms with Crippen LogP contribution in [0.4, 0.5) is 0 Å². The third kappa shape index (κ3) is 4.36. The Morgan fingerprint density at radius 1 is 0.912 bits per heavy atom. The summed E-state index contributed by atoms with van der Waals surface area (Å²) in [5.74, 6) is -2.16. The summed E-state index contributed by atoms with van der Waals surface area (Å²) in [5, 5.41) is 0.00279. The lowest BCUT2D eigenvalue weighted by Gasteiger charge is -2.25. The molecule has 0 aliphatic heterocycles. The first-order valence-corrected chi connectivity index (χ1v) is 10.2.